The summed E-state index contributed by atoms with van der Waals surface area (Å²) in [5.41, 5.74) is 0.972. The monoisotopic (exact) mass is 299 g/mol. The van der Waals surface area contributed by atoms with Gasteiger partial charge >= 0.3 is 6.01 Å². The van der Waals surface area contributed by atoms with Gasteiger partial charge in [0.15, 0.2) is 0 Å². The third kappa shape index (κ3) is 3.74. The Morgan fingerprint density at radius 3 is 2.74 bits per heavy atom. The first-order chi connectivity index (χ1) is 9.08. The molecule has 0 fully saturated rings. The minimum atomic E-state index is 0.120. The number of rotatable bonds is 5. The maximum absolute atomic E-state index is 5.85. The van der Waals surface area contributed by atoms with Crippen LogP contribution in [0.2, 0.25) is 5.28 Å². The molecule has 0 aliphatic heterocycles. The number of hydrogen-bond acceptors (Lipinski definition) is 7. The van der Waals surface area contributed by atoms with Gasteiger partial charge in [-0.05, 0) is 25.4 Å². The van der Waals surface area contributed by atoms with Crippen LogP contribution in [0.25, 0.3) is 0 Å². The molecule has 8 heteroatoms. The molecule has 0 aromatic carbocycles. The summed E-state index contributed by atoms with van der Waals surface area (Å²) < 4.78 is 5.24. The molecule has 0 bridgehead atoms. The number of anilines is 1. The van der Waals surface area contributed by atoms with Crippen LogP contribution in [0.4, 0.5) is 5.95 Å². The topological polar surface area (TPSA) is 64.0 Å². The van der Waals surface area contributed by atoms with Crippen molar-refractivity contribution >= 4 is 28.9 Å². The van der Waals surface area contributed by atoms with E-state index in [4.69, 9.17) is 16.3 Å². The lowest BCUT2D eigenvalue weighted by Crippen LogP contribution is -2.20. The van der Waals surface area contributed by atoms with E-state index in [1.165, 1.54) is 0 Å². The van der Waals surface area contributed by atoms with Gasteiger partial charge in [0.25, 0.3) is 0 Å². The number of aryl methyl sites for hydroxylation is 1. The number of thiazole rings is 1. The molecule has 2 heterocycles. The summed E-state index contributed by atoms with van der Waals surface area (Å²) in [6.07, 6.45) is 0. The smallest absolute Gasteiger partial charge is 0.322 e. The highest BCUT2D eigenvalue weighted by Gasteiger charge is 2.11. The summed E-state index contributed by atoms with van der Waals surface area (Å²) >= 11 is 7.47. The van der Waals surface area contributed by atoms with Crippen molar-refractivity contribution < 1.29 is 4.74 Å². The minimum absolute atomic E-state index is 0.120. The minimum Gasteiger partial charge on any atom is -0.464 e. The van der Waals surface area contributed by atoms with E-state index in [2.05, 4.69) is 19.9 Å². The zero-order valence-corrected chi connectivity index (χ0v) is 12.5. The molecule has 0 saturated heterocycles. The molecule has 102 valence electrons. The van der Waals surface area contributed by atoms with Crippen molar-refractivity contribution in [3.8, 4) is 6.01 Å². The Morgan fingerprint density at radius 2 is 2.11 bits per heavy atom. The van der Waals surface area contributed by atoms with Crippen LogP contribution < -0.4 is 9.64 Å². The van der Waals surface area contributed by atoms with E-state index >= 15 is 0 Å². The molecule has 6 nitrogen and oxygen atoms in total. The molecule has 19 heavy (non-hydrogen) atoms. The van der Waals surface area contributed by atoms with Gasteiger partial charge in [-0.1, -0.05) is 0 Å². The lowest BCUT2D eigenvalue weighted by molar-refractivity contribution is 0.311. The van der Waals surface area contributed by atoms with E-state index in [0.29, 0.717) is 19.1 Å². The Bertz CT molecular complexity index is 562. The van der Waals surface area contributed by atoms with Crippen LogP contribution in [-0.4, -0.2) is 33.6 Å². The highest BCUT2D eigenvalue weighted by Crippen LogP contribution is 2.17. The van der Waals surface area contributed by atoms with Gasteiger partial charge in [-0.2, -0.15) is 15.0 Å². The molecular formula is C11H14ClN5OS. The highest BCUT2D eigenvalue weighted by molar-refractivity contribution is 7.09. The fourth-order valence-electron chi connectivity index (χ4n) is 1.48. The molecule has 0 radical (unpaired) electrons. The van der Waals surface area contributed by atoms with Crippen LogP contribution in [0.5, 0.6) is 6.01 Å². The maximum atomic E-state index is 5.85. The first kappa shape index (κ1) is 14.0. The van der Waals surface area contributed by atoms with Gasteiger partial charge in [0.05, 0.1) is 23.9 Å². The summed E-state index contributed by atoms with van der Waals surface area (Å²) in [6.45, 7) is 4.92. The normalized spacial score (nSPS) is 10.5. The molecule has 2 aromatic heterocycles. The molecule has 2 aromatic rings. The second-order valence-electron chi connectivity index (χ2n) is 3.83. The summed E-state index contributed by atoms with van der Waals surface area (Å²) in [5, 5.41) is 3.17. The van der Waals surface area contributed by atoms with Crippen LogP contribution in [0.1, 0.15) is 17.6 Å². The van der Waals surface area contributed by atoms with Gasteiger partial charge < -0.3 is 9.64 Å². The van der Waals surface area contributed by atoms with Gasteiger partial charge in [0, 0.05) is 12.4 Å². The Balaban J connectivity index is 2.15. The van der Waals surface area contributed by atoms with Gasteiger partial charge in [0.2, 0.25) is 11.2 Å². The van der Waals surface area contributed by atoms with E-state index in [0.717, 1.165) is 10.7 Å². The van der Waals surface area contributed by atoms with Crippen molar-refractivity contribution in [2.75, 3.05) is 18.6 Å². The first-order valence-electron chi connectivity index (χ1n) is 5.75. The summed E-state index contributed by atoms with van der Waals surface area (Å²) in [4.78, 5) is 18.4. The molecule has 0 atom stereocenters. The van der Waals surface area contributed by atoms with Crippen LogP contribution in [-0.2, 0) is 6.54 Å². The number of hydrogen-bond donors (Lipinski definition) is 0. The zero-order chi connectivity index (χ0) is 13.8. The second kappa shape index (κ2) is 6.12. The molecule has 2 rings (SSSR count). The fourth-order valence-corrected chi connectivity index (χ4v) is 2.23. The van der Waals surface area contributed by atoms with E-state index in [1.807, 2.05) is 31.2 Å². The number of nitrogens with zero attached hydrogens (tertiary/aromatic N) is 5. The lowest BCUT2D eigenvalue weighted by atomic mass is 10.4. The number of ether oxygens (including phenoxy) is 1. The molecule has 0 saturated carbocycles. The largest absolute Gasteiger partial charge is 0.464 e. The van der Waals surface area contributed by atoms with Crippen molar-refractivity contribution in [2.45, 2.75) is 20.4 Å². The average Bonchev–Trinajstić information content (AvgIpc) is 2.74. The molecule has 0 amide bonds. The third-order valence-corrected chi connectivity index (χ3v) is 3.25. The number of halogens is 1. The molecule has 0 unspecified atom stereocenters. The Hall–Kier alpha value is -1.47. The summed E-state index contributed by atoms with van der Waals surface area (Å²) in [7, 11) is 1.87. The zero-order valence-electron chi connectivity index (χ0n) is 10.9. The predicted octanol–water partition coefficient (Wildman–Crippen LogP) is 2.33. The molecule has 0 N–H and O–H groups in total. The van der Waals surface area contributed by atoms with Crippen LogP contribution in [0.15, 0.2) is 5.38 Å². The SMILES string of the molecule is CCOc1nc(Cl)nc(N(C)Cc2csc(C)n2)n1. The summed E-state index contributed by atoms with van der Waals surface area (Å²) in [6, 6.07) is 0.235. The van der Waals surface area contributed by atoms with Gasteiger partial charge in [-0.25, -0.2) is 4.98 Å². The first-order valence-corrected chi connectivity index (χ1v) is 7.00. The van der Waals surface area contributed by atoms with E-state index in [-0.39, 0.29) is 11.3 Å². The predicted molar refractivity (Wildman–Crippen MR) is 75.0 cm³/mol. The van der Waals surface area contributed by atoms with Crippen molar-refractivity contribution in [3.63, 3.8) is 0 Å². The van der Waals surface area contributed by atoms with Gasteiger partial charge in [0.1, 0.15) is 0 Å². The Labute approximate surface area is 120 Å². The lowest BCUT2D eigenvalue weighted by Gasteiger charge is -2.16. The van der Waals surface area contributed by atoms with E-state index in [1.54, 1.807) is 11.3 Å². The standard InChI is InChI=1S/C11H14ClN5OS/c1-4-18-11-15-9(12)14-10(16-11)17(3)5-8-6-19-7(2)13-8/h6H,4-5H2,1-3H3. The van der Waals surface area contributed by atoms with E-state index in [9.17, 15) is 0 Å². The van der Waals surface area contributed by atoms with Crippen molar-refractivity contribution in [1.29, 1.82) is 0 Å². The van der Waals surface area contributed by atoms with E-state index < -0.39 is 0 Å². The maximum Gasteiger partial charge on any atom is 0.322 e. The molecule has 0 spiro atoms. The summed E-state index contributed by atoms with van der Waals surface area (Å²) in [5.74, 6) is 0.467. The molecule has 0 aliphatic carbocycles. The quantitative estimate of drug-likeness (QED) is 0.844. The highest BCUT2D eigenvalue weighted by atomic mass is 35.5. The van der Waals surface area contributed by atoms with Gasteiger partial charge in [-0.3, -0.25) is 0 Å². The van der Waals surface area contributed by atoms with Crippen LogP contribution in [0, 0.1) is 6.92 Å². The van der Waals surface area contributed by atoms with Crippen LogP contribution >= 0.6 is 22.9 Å². The molecular weight excluding hydrogens is 286 g/mol. The Kier molecular flexibility index (Phi) is 4.49. The average molecular weight is 300 g/mol. The van der Waals surface area contributed by atoms with Crippen molar-refractivity contribution in [3.05, 3.63) is 21.4 Å². The number of aromatic nitrogens is 4. The fraction of sp³-hybridized carbons (Fsp3) is 0.455. The second-order valence-corrected chi connectivity index (χ2v) is 5.23. The Morgan fingerprint density at radius 1 is 1.32 bits per heavy atom. The van der Waals surface area contributed by atoms with Gasteiger partial charge in [-0.15, -0.1) is 11.3 Å². The van der Waals surface area contributed by atoms with Crippen molar-refractivity contribution in [1.82, 2.24) is 19.9 Å². The van der Waals surface area contributed by atoms with Crippen LogP contribution in [0.3, 0.4) is 0 Å². The van der Waals surface area contributed by atoms with Crippen molar-refractivity contribution in [2.24, 2.45) is 0 Å². The third-order valence-electron chi connectivity index (χ3n) is 2.26. The molecule has 0 aliphatic rings.